The van der Waals surface area contributed by atoms with Crippen molar-refractivity contribution in [2.75, 3.05) is 37.7 Å². The predicted octanol–water partition coefficient (Wildman–Crippen LogP) is 7.76. The number of anilines is 1. The smallest absolute Gasteiger partial charge is 0.410 e. The lowest BCUT2D eigenvalue weighted by molar-refractivity contribution is 0.0240. The summed E-state index contributed by atoms with van der Waals surface area (Å²) >= 11 is 0. The molecule has 2 amide bonds. The molecule has 57 heavy (non-hydrogen) atoms. The minimum atomic E-state index is -1.29. The van der Waals surface area contributed by atoms with E-state index in [1.165, 1.54) is 0 Å². The van der Waals surface area contributed by atoms with Gasteiger partial charge in [-0.2, -0.15) is 4.98 Å². The van der Waals surface area contributed by atoms with Crippen molar-refractivity contribution >= 4 is 36.9 Å². The molecule has 15 heteroatoms. The minimum absolute atomic E-state index is 0.0182. The monoisotopic (exact) mass is 793 g/mol. The molecule has 2 fully saturated rings. The zero-order valence-electron chi connectivity index (χ0n) is 34.7. The van der Waals surface area contributed by atoms with Gasteiger partial charge in [-0.05, 0) is 88.9 Å². The van der Waals surface area contributed by atoms with Crippen molar-refractivity contribution in [3.63, 3.8) is 0 Å². The third kappa shape index (κ3) is 9.20. The molecule has 7 rings (SSSR count). The largest absolute Gasteiger partial charge is 0.444 e. The summed E-state index contributed by atoms with van der Waals surface area (Å²) in [6.45, 7) is 22.2. The van der Waals surface area contributed by atoms with Gasteiger partial charge in [-0.1, -0.05) is 43.9 Å². The summed E-state index contributed by atoms with van der Waals surface area (Å²) in [4.78, 5) is 48.4. The van der Waals surface area contributed by atoms with Crippen LogP contribution in [-0.4, -0.2) is 93.0 Å². The molecule has 0 radical (unpaired) electrons. The van der Waals surface area contributed by atoms with Gasteiger partial charge >= 0.3 is 17.9 Å². The number of ether oxygens (including phenoxy) is 2. The lowest BCUT2D eigenvalue weighted by Crippen LogP contribution is -2.50. The van der Waals surface area contributed by atoms with E-state index in [1.54, 1.807) is 11.2 Å². The highest BCUT2D eigenvalue weighted by atomic mass is 28.3. The second kappa shape index (κ2) is 15.7. The zero-order chi connectivity index (χ0) is 40.7. The molecule has 1 saturated carbocycles. The third-order valence-corrected chi connectivity index (χ3v) is 12.4. The van der Waals surface area contributed by atoms with Crippen LogP contribution < -0.4 is 10.2 Å². The van der Waals surface area contributed by atoms with Crippen molar-refractivity contribution < 1.29 is 23.6 Å². The number of nitrogens with one attached hydrogen (secondary N) is 1. The SMILES string of the molecule is Cc1cc(-c2ncnc3c2cc(-c2ccc(N4CCN(C(=O)OC(C)(C)C)CC4)nc2)n3COCC[Si](C)(C)C)ccc1[C@@H](C)NC(=O)c1nc(C2(C)CC2)no1. The maximum atomic E-state index is 13.0. The predicted molar refractivity (Wildman–Crippen MR) is 222 cm³/mol. The molecule has 0 bridgehead atoms. The maximum Gasteiger partial charge on any atom is 0.410 e. The van der Waals surface area contributed by atoms with Crippen LogP contribution in [-0.2, 0) is 21.6 Å². The number of aryl methyl sites for hydroxylation is 1. The van der Waals surface area contributed by atoms with Crippen LogP contribution in [0.1, 0.15) is 81.1 Å². The van der Waals surface area contributed by atoms with Crippen LogP contribution >= 0.6 is 0 Å². The highest BCUT2D eigenvalue weighted by Gasteiger charge is 2.44. The van der Waals surface area contributed by atoms with Gasteiger partial charge in [0.2, 0.25) is 0 Å². The summed E-state index contributed by atoms with van der Waals surface area (Å²) in [5.74, 6) is 1.03. The molecule has 1 aromatic carbocycles. The van der Waals surface area contributed by atoms with Crippen LogP contribution in [0.15, 0.2) is 53.4 Å². The number of pyridine rings is 1. The standard InChI is InChI=1S/C42H55N9O5Si/c1-27-22-29(10-12-31(27)28(2)46-37(52)38-47-39(48-56-38)42(6)14-15-42)35-32-23-33(51(36(32)45-25-44-35)26-54-20-21-57(7,8)9)30-11-13-34(43-24-30)49-16-18-50(19-17-49)40(53)55-41(3,4)5/h10-13,22-25,28H,14-21,26H2,1-9H3,(H,46,52)/t28-/m1/s1. The van der Waals surface area contributed by atoms with Crippen molar-refractivity contribution in [2.45, 2.75) is 104 Å². The number of amides is 2. The first kappa shape index (κ1) is 40.1. The van der Waals surface area contributed by atoms with Crippen molar-refractivity contribution in [3.8, 4) is 22.5 Å². The Hall–Kier alpha value is -5.15. The van der Waals surface area contributed by atoms with E-state index in [0.29, 0.717) is 45.3 Å². The van der Waals surface area contributed by atoms with E-state index in [0.717, 1.165) is 69.4 Å². The Bertz CT molecular complexity index is 2240. The summed E-state index contributed by atoms with van der Waals surface area (Å²) in [5, 5.41) is 7.97. The number of carbonyl (C=O) groups excluding carboxylic acids is 2. The number of benzene rings is 1. The van der Waals surface area contributed by atoms with Crippen molar-refractivity contribution in [1.82, 2.24) is 39.9 Å². The molecule has 1 N–H and O–H groups in total. The maximum absolute atomic E-state index is 13.0. The highest BCUT2D eigenvalue weighted by molar-refractivity contribution is 6.76. The second-order valence-corrected chi connectivity index (χ2v) is 23.5. The molecule has 1 atom stereocenters. The van der Waals surface area contributed by atoms with Gasteiger partial charge in [0, 0.05) is 69.0 Å². The van der Waals surface area contributed by atoms with Gasteiger partial charge in [-0.15, -0.1) is 0 Å². The van der Waals surface area contributed by atoms with Crippen LogP contribution in [0.4, 0.5) is 10.6 Å². The molecule has 14 nitrogen and oxygen atoms in total. The number of rotatable bonds is 12. The van der Waals surface area contributed by atoms with E-state index in [4.69, 9.17) is 28.9 Å². The lowest BCUT2D eigenvalue weighted by atomic mass is 9.97. The highest BCUT2D eigenvalue weighted by Crippen LogP contribution is 2.46. The first-order valence-electron chi connectivity index (χ1n) is 19.9. The van der Waals surface area contributed by atoms with E-state index in [1.807, 2.05) is 59.0 Å². The Kier molecular flexibility index (Phi) is 11.0. The minimum Gasteiger partial charge on any atom is -0.444 e. The Balaban J connectivity index is 1.12. The Morgan fingerprint density at radius 1 is 1.00 bits per heavy atom. The Labute approximate surface area is 335 Å². The molecule has 1 saturated heterocycles. The molecule has 5 heterocycles. The number of hydrogen-bond donors (Lipinski definition) is 1. The lowest BCUT2D eigenvalue weighted by Gasteiger charge is -2.36. The van der Waals surface area contributed by atoms with Gasteiger partial charge in [0.1, 0.15) is 30.1 Å². The van der Waals surface area contributed by atoms with Crippen molar-refractivity contribution in [2.24, 2.45) is 0 Å². The van der Waals surface area contributed by atoms with Gasteiger partial charge in [-0.25, -0.2) is 19.7 Å². The first-order valence-corrected chi connectivity index (χ1v) is 23.6. The molecule has 1 aliphatic heterocycles. The number of carbonyl (C=O) groups is 2. The van der Waals surface area contributed by atoms with E-state index in [-0.39, 0.29) is 23.4 Å². The first-order chi connectivity index (χ1) is 27.0. The van der Waals surface area contributed by atoms with Crippen molar-refractivity contribution in [3.05, 3.63) is 71.8 Å². The summed E-state index contributed by atoms with van der Waals surface area (Å²) in [5.41, 5.74) is 5.72. The summed E-state index contributed by atoms with van der Waals surface area (Å²) in [7, 11) is -1.29. The van der Waals surface area contributed by atoms with E-state index < -0.39 is 19.6 Å². The average Bonchev–Trinajstić information content (AvgIpc) is 3.53. The second-order valence-electron chi connectivity index (χ2n) is 17.9. The fourth-order valence-corrected chi connectivity index (χ4v) is 7.74. The Morgan fingerprint density at radius 2 is 1.74 bits per heavy atom. The third-order valence-electron chi connectivity index (χ3n) is 10.7. The molecule has 302 valence electrons. The van der Waals surface area contributed by atoms with Gasteiger partial charge in [-0.3, -0.25) is 4.79 Å². The molecular formula is C42H55N9O5Si. The van der Waals surface area contributed by atoms with E-state index in [2.05, 4.69) is 69.7 Å². The van der Waals surface area contributed by atoms with Crippen LogP contribution in [0.2, 0.25) is 25.7 Å². The molecule has 0 unspecified atom stereocenters. The number of piperazine rings is 1. The summed E-state index contributed by atoms with van der Waals surface area (Å²) in [6, 6.07) is 13.2. The molecule has 2 aliphatic rings. The quantitative estimate of drug-likeness (QED) is 0.0974. The normalized spacial score (nSPS) is 16.2. The van der Waals surface area contributed by atoms with Gasteiger partial charge in [0.05, 0.1) is 17.4 Å². The molecule has 4 aromatic heterocycles. The summed E-state index contributed by atoms with van der Waals surface area (Å²) in [6.07, 6.45) is 5.21. The number of hydrogen-bond acceptors (Lipinski definition) is 11. The molecule has 0 spiro atoms. The number of aromatic nitrogens is 6. The van der Waals surface area contributed by atoms with Crippen LogP contribution in [0, 0.1) is 6.92 Å². The average molecular weight is 794 g/mol. The fourth-order valence-electron chi connectivity index (χ4n) is 6.98. The van der Waals surface area contributed by atoms with E-state index in [9.17, 15) is 9.59 Å². The molecular weight excluding hydrogens is 739 g/mol. The van der Waals surface area contributed by atoms with Gasteiger partial charge < -0.3 is 33.7 Å². The van der Waals surface area contributed by atoms with Crippen LogP contribution in [0.3, 0.4) is 0 Å². The zero-order valence-corrected chi connectivity index (χ0v) is 35.7. The summed E-state index contributed by atoms with van der Waals surface area (Å²) < 4.78 is 19.3. The molecule has 5 aromatic rings. The topological polar surface area (TPSA) is 154 Å². The van der Waals surface area contributed by atoms with Crippen LogP contribution in [0.25, 0.3) is 33.5 Å². The van der Waals surface area contributed by atoms with Crippen molar-refractivity contribution in [1.29, 1.82) is 0 Å². The molecule has 1 aliphatic carbocycles. The number of nitrogens with zero attached hydrogens (tertiary/aromatic N) is 8. The van der Waals surface area contributed by atoms with Gasteiger partial charge in [0.25, 0.3) is 0 Å². The van der Waals surface area contributed by atoms with Gasteiger partial charge in [0.15, 0.2) is 5.82 Å². The fraction of sp³-hybridized carbons (Fsp3) is 0.500. The number of fused-ring (bicyclic) bond motifs is 1. The van der Waals surface area contributed by atoms with Crippen LogP contribution in [0.5, 0.6) is 0 Å². The van der Waals surface area contributed by atoms with E-state index >= 15 is 0 Å². The Morgan fingerprint density at radius 3 is 2.39 bits per heavy atom.